The Morgan fingerprint density at radius 1 is 1.12 bits per heavy atom. The van der Waals surface area contributed by atoms with E-state index in [9.17, 15) is 4.79 Å². The molecule has 1 saturated heterocycles. The first-order chi connectivity index (χ1) is 16.1. The number of hydrogen-bond donors (Lipinski definition) is 1. The van der Waals surface area contributed by atoms with E-state index in [1.54, 1.807) is 7.11 Å². The van der Waals surface area contributed by atoms with Crippen LogP contribution in [0.5, 0.6) is 5.75 Å². The lowest BCUT2D eigenvalue weighted by atomic mass is 9.96. The Balaban J connectivity index is 1.29. The predicted molar refractivity (Wildman–Crippen MR) is 131 cm³/mol. The molecule has 0 aromatic heterocycles. The fourth-order valence-electron chi connectivity index (χ4n) is 4.83. The van der Waals surface area contributed by atoms with Crippen molar-refractivity contribution in [3.63, 3.8) is 0 Å². The summed E-state index contributed by atoms with van der Waals surface area (Å²) < 4.78 is 11.3. The maximum Gasteiger partial charge on any atom is 0.252 e. The largest absolute Gasteiger partial charge is 0.492 e. The highest BCUT2D eigenvalue weighted by Crippen LogP contribution is 2.48. The van der Waals surface area contributed by atoms with Crippen LogP contribution in [0.4, 0.5) is 0 Å². The Hall–Kier alpha value is -2.89. The monoisotopic (exact) mass is 444 g/mol. The van der Waals surface area contributed by atoms with Crippen molar-refractivity contribution in [3.05, 3.63) is 77.4 Å². The Labute approximate surface area is 195 Å². The second kappa shape index (κ2) is 9.16. The number of fused-ring (bicyclic) bond motifs is 1. The third-order valence-electron chi connectivity index (χ3n) is 7.15. The summed E-state index contributed by atoms with van der Waals surface area (Å²) >= 11 is 0. The molecular weight excluding hydrogens is 412 g/mol. The van der Waals surface area contributed by atoms with Gasteiger partial charge in [-0.05, 0) is 60.2 Å². The summed E-state index contributed by atoms with van der Waals surface area (Å²) in [6.45, 7) is 5.38. The molecule has 5 rings (SSSR count). The minimum Gasteiger partial charge on any atom is -0.492 e. The topological polar surface area (TPSA) is 50.8 Å². The molecule has 2 fully saturated rings. The van der Waals surface area contributed by atoms with Crippen LogP contribution >= 0.6 is 0 Å². The van der Waals surface area contributed by atoms with Gasteiger partial charge < -0.3 is 14.8 Å². The predicted octanol–water partition coefficient (Wildman–Crippen LogP) is 4.67. The molecule has 5 heteroatoms. The zero-order valence-electron chi connectivity index (χ0n) is 19.5. The van der Waals surface area contributed by atoms with Crippen molar-refractivity contribution in [1.29, 1.82) is 0 Å². The van der Waals surface area contributed by atoms with Gasteiger partial charge in [-0.1, -0.05) is 48.5 Å². The second-order valence-corrected chi connectivity index (χ2v) is 9.32. The van der Waals surface area contributed by atoms with Gasteiger partial charge in [0.15, 0.2) is 0 Å². The molecule has 2 aliphatic rings. The van der Waals surface area contributed by atoms with E-state index >= 15 is 0 Å². The number of hydrogen-bond acceptors (Lipinski definition) is 4. The molecule has 1 N–H and O–H groups in total. The molecule has 1 aliphatic carbocycles. The first kappa shape index (κ1) is 21.9. The van der Waals surface area contributed by atoms with Crippen molar-refractivity contribution in [1.82, 2.24) is 10.2 Å². The van der Waals surface area contributed by atoms with Crippen molar-refractivity contribution < 1.29 is 14.3 Å². The van der Waals surface area contributed by atoms with Crippen molar-refractivity contribution in [2.75, 3.05) is 33.4 Å². The van der Waals surface area contributed by atoms with Crippen LogP contribution in [0.2, 0.25) is 0 Å². The van der Waals surface area contributed by atoms with Gasteiger partial charge in [-0.15, -0.1) is 0 Å². The van der Waals surface area contributed by atoms with E-state index in [1.807, 2.05) is 25.1 Å². The summed E-state index contributed by atoms with van der Waals surface area (Å²) in [6, 6.07) is 21.0. The molecule has 1 heterocycles. The van der Waals surface area contributed by atoms with E-state index in [0.29, 0.717) is 18.2 Å². The minimum atomic E-state index is -0.283. The molecule has 0 bridgehead atoms. The van der Waals surface area contributed by atoms with Gasteiger partial charge in [0.1, 0.15) is 12.4 Å². The lowest BCUT2D eigenvalue weighted by molar-refractivity contribution is 0.0283. The van der Waals surface area contributed by atoms with Gasteiger partial charge >= 0.3 is 0 Å². The average Bonchev–Trinajstić information content (AvgIpc) is 3.59. The third-order valence-corrected chi connectivity index (χ3v) is 7.15. The number of carbonyl (C=O) groups is 1. The quantitative estimate of drug-likeness (QED) is 0.521. The van der Waals surface area contributed by atoms with Crippen molar-refractivity contribution in [3.8, 4) is 5.75 Å². The van der Waals surface area contributed by atoms with Crippen LogP contribution in [-0.2, 0) is 10.3 Å². The number of nitrogens with one attached hydrogen (secondary N) is 1. The molecule has 1 aliphatic heterocycles. The zero-order valence-corrected chi connectivity index (χ0v) is 19.5. The van der Waals surface area contributed by atoms with E-state index in [0.717, 1.165) is 50.3 Å². The summed E-state index contributed by atoms with van der Waals surface area (Å²) in [4.78, 5) is 15.8. The number of rotatable bonds is 9. The number of nitrogens with zero attached hydrogens (tertiary/aromatic N) is 1. The van der Waals surface area contributed by atoms with Gasteiger partial charge in [-0.2, -0.15) is 0 Å². The molecule has 3 aromatic rings. The summed E-state index contributed by atoms with van der Waals surface area (Å²) in [7, 11) is 1.73. The maximum atomic E-state index is 13.4. The molecule has 33 heavy (non-hydrogen) atoms. The van der Waals surface area contributed by atoms with Gasteiger partial charge in [0.2, 0.25) is 0 Å². The highest BCUT2D eigenvalue weighted by Gasteiger charge is 2.46. The summed E-state index contributed by atoms with van der Waals surface area (Å²) in [5, 5.41) is 5.78. The molecule has 3 aromatic carbocycles. The van der Waals surface area contributed by atoms with Crippen LogP contribution in [0.1, 0.15) is 40.7 Å². The highest BCUT2D eigenvalue weighted by atomic mass is 16.5. The van der Waals surface area contributed by atoms with Gasteiger partial charge in [0.25, 0.3) is 5.91 Å². The number of benzene rings is 3. The van der Waals surface area contributed by atoms with Crippen LogP contribution in [0.25, 0.3) is 10.8 Å². The Morgan fingerprint density at radius 2 is 1.94 bits per heavy atom. The number of ether oxygens (including phenoxy) is 2. The van der Waals surface area contributed by atoms with Gasteiger partial charge in [-0.3, -0.25) is 9.69 Å². The first-order valence-corrected chi connectivity index (χ1v) is 11.9. The number of likely N-dealkylation sites (tertiary alicyclic amines) is 1. The van der Waals surface area contributed by atoms with E-state index in [-0.39, 0.29) is 11.4 Å². The summed E-state index contributed by atoms with van der Waals surface area (Å²) in [6.07, 6.45) is 3.05. The lowest BCUT2D eigenvalue weighted by Crippen LogP contribution is -2.51. The molecule has 1 atom stereocenters. The van der Waals surface area contributed by atoms with Crippen LogP contribution in [0.3, 0.4) is 0 Å². The molecular formula is C28H32N2O3. The van der Waals surface area contributed by atoms with Crippen molar-refractivity contribution >= 4 is 16.7 Å². The van der Waals surface area contributed by atoms with Crippen LogP contribution in [0, 0.1) is 6.92 Å². The first-order valence-electron chi connectivity index (χ1n) is 11.9. The van der Waals surface area contributed by atoms with Crippen LogP contribution in [-0.4, -0.2) is 50.3 Å². The zero-order chi connectivity index (χ0) is 22.8. The number of carbonyl (C=O) groups excluding carboxylic acids is 1. The highest BCUT2D eigenvalue weighted by molar-refractivity contribution is 5.97. The molecule has 1 unspecified atom stereocenters. The summed E-state index contributed by atoms with van der Waals surface area (Å²) in [5.74, 6) is 0.716. The minimum absolute atomic E-state index is 0.0336. The molecule has 0 spiro atoms. The van der Waals surface area contributed by atoms with Crippen LogP contribution < -0.4 is 10.1 Å². The van der Waals surface area contributed by atoms with Crippen LogP contribution in [0.15, 0.2) is 60.7 Å². The number of amides is 1. The number of methoxy groups -OCH3 is 1. The Kier molecular flexibility index (Phi) is 6.09. The standard InChI is InChI=1S/C28H32N2O3/c1-20-10-11-23(33-19-22-12-15-30(22)16-17-32-2)18-25(20)27(31)29-28(13-14-28)26-9-5-7-21-6-3-4-8-24(21)26/h3-11,18,22H,12-17,19H2,1-2H3,(H,29,31). The Morgan fingerprint density at radius 3 is 2.70 bits per heavy atom. The van der Waals surface area contributed by atoms with E-state index in [1.165, 1.54) is 16.3 Å². The van der Waals surface area contributed by atoms with Crippen molar-refractivity contribution in [2.45, 2.75) is 37.8 Å². The van der Waals surface area contributed by atoms with Gasteiger partial charge in [0, 0.05) is 31.8 Å². The molecule has 1 saturated carbocycles. The summed E-state index contributed by atoms with van der Waals surface area (Å²) in [5.41, 5.74) is 2.57. The van der Waals surface area contributed by atoms with E-state index in [2.05, 4.69) is 52.7 Å². The van der Waals surface area contributed by atoms with E-state index < -0.39 is 0 Å². The molecule has 5 nitrogen and oxygen atoms in total. The Bertz CT molecular complexity index is 1150. The second-order valence-electron chi connectivity index (χ2n) is 9.32. The van der Waals surface area contributed by atoms with Gasteiger partial charge in [-0.25, -0.2) is 0 Å². The smallest absolute Gasteiger partial charge is 0.252 e. The maximum absolute atomic E-state index is 13.4. The van der Waals surface area contributed by atoms with Gasteiger partial charge in [0.05, 0.1) is 12.1 Å². The fourth-order valence-corrected chi connectivity index (χ4v) is 4.83. The fraction of sp³-hybridized carbons (Fsp3) is 0.393. The lowest BCUT2D eigenvalue weighted by Gasteiger charge is -2.40. The van der Waals surface area contributed by atoms with Crippen molar-refractivity contribution in [2.24, 2.45) is 0 Å². The molecule has 1 amide bonds. The third kappa shape index (κ3) is 4.48. The molecule has 172 valence electrons. The average molecular weight is 445 g/mol. The van der Waals surface area contributed by atoms with E-state index in [4.69, 9.17) is 9.47 Å². The normalized spacial score (nSPS) is 19.2. The number of aryl methyl sites for hydroxylation is 1. The SMILES string of the molecule is COCCN1CCC1COc1ccc(C)c(C(=O)NC2(c3cccc4ccccc34)CC2)c1. The molecule has 0 radical (unpaired) electrons.